The zero-order valence-corrected chi connectivity index (χ0v) is 15.6. The summed E-state index contributed by atoms with van der Waals surface area (Å²) in [6.45, 7) is 1.69. The van der Waals surface area contributed by atoms with Crippen LogP contribution >= 0.6 is 46.4 Å². The van der Waals surface area contributed by atoms with Gasteiger partial charge >= 0.3 is 0 Å². The van der Waals surface area contributed by atoms with E-state index in [1.165, 1.54) is 0 Å². The number of nitrogens with zero attached hydrogens (tertiary/aromatic N) is 1. The highest BCUT2D eigenvalue weighted by Crippen LogP contribution is 2.34. The molecule has 1 saturated heterocycles. The van der Waals surface area contributed by atoms with Crippen LogP contribution in [0.2, 0.25) is 20.1 Å². The van der Waals surface area contributed by atoms with Gasteiger partial charge in [-0.1, -0.05) is 58.5 Å². The number of aliphatic imine (C=N–C) groups is 1. The van der Waals surface area contributed by atoms with Crippen molar-refractivity contribution in [1.29, 1.82) is 0 Å². The largest absolute Gasteiger partial charge is 0.355 e. The number of hydrogen-bond acceptors (Lipinski definition) is 1. The third-order valence-electron chi connectivity index (χ3n) is 3.69. The third-order valence-corrected chi connectivity index (χ3v) is 4.96. The Hall–Kier alpha value is -1.13. The van der Waals surface area contributed by atoms with Gasteiger partial charge in [0.2, 0.25) is 0 Å². The first kappa shape index (κ1) is 17.7. The highest BCUT2D eigenvalue weighted by molar-refractivity contribution is 6.42. The second kappa shape index (κ2) is 7.83. The lowest BCUT2D eigenvalue weighted by atomic mass is 9.99. The van der Waals surface area contributed by atoms with Crippen molar-refractivity contribution in [3.8, 4) is 0 Å². The molecule has 2 aromatic rings. The summed E-state index contributed by atoms with van der Waals surface area (Å²) in [5, 5.41) is 8.63. The minimum atomic E-state index is -0.209. The van der Waals surface area contributed by atoms with Gasteiger partial charge in [-0.3, -0.25) is 0 Å². The molecule has 0 bridgehead atoms. The first-order valence-corrected chi connectivity index (χ1v) is 8.98. The molecule has 126 valence electrons. The van der Waals surface area contributed by atoms with Gasteiger partial charge in [0.15, 0.2) is 5.96 Å². The molecule has 0 radical (unpaired) electrons. The lowest BCUT2D eigenvalue weighted by molar-refractivity contribution is 0.716. The van der Waals surface area contributed by atoms with Crippen molar-refractivity contribution >= 4 is 52.4 Å². The van der Waals surface area contributed by atoms with Crippen molar-refractivity contribution < 1.29 is 0 Å². The van der Waals surface area contributed by atoms with E-state index in [9.17, 15) is 0 Å². The van der Waals surface area contributed by atoms with Crippen LogP contribution in [0.15, 0.2) is 41.4 Å². The van der Waals surface area contributed by atoms with Gasteiger partial charge < -0.3 is 10.6 Å². The van der Waals surface area contributed by atoms with Crippen molar-refractivity contribution in [3.05, 3.63) is 67.6 Å². The van der Waals surface area contributed by atoms with Crippen molar-refractivity contribution in [3.63, 3.8) is 0 Å². The first-order valence-electron chi connectivity index (χ1n) is 7.47. The van der Waals surface area contributed by atoms with Crippen molar-refractivity contribution in [2.45, 2.75) is 12.5 Å². The van der Waals surface area contributed by atoms with E-state index >= 15 is 0 Å². The van der Waals surface area contributed by atoms with Crippen LogP contribution in [0, 0.1) is 0 Å². The molecule has 0 saturated carbocycles. The summed E-state index contributed by atoms with van der Waals surface area (Å²) in [6.07, 6.45) is 0.604. The Balaban J connectivity index is 1.98. The average Bonchev–Trinajstić information content (AvgIpc) is 3.01. The molecule has 1 fully saturated rings. The normalized spacial score (nSPS) is 14.9. The van der Waals surface area contributed by atoms with Crippen LogP contribution in [-0.4, -0.2) is 19.0 Å². The Morgan fingerprint density at radius 2 is 1.62 bits per heavy atom. The Labute approximate surface area is 161 Å². The van der Waals surface area contributed by atoms with Gasteiger partial charge in [-0.05, 0) is 41.8 Å². The summed E-state index contributed by atoms with van der Waals surface area (Å²) in [4.78, 5) is 4.77. The lowest BCUT2D eigenvalue weighted by Gasteiger charge is -2.17. The lowest BCUT2D eigenvalue weighted by Crippen LogP contribution is -2.25. The molecule has 3 rings (SSSR count). The first-order chi connectivity index (χ1) is 11.5. The van der Waals surface area contributed by atoms with Crippen LogP contribution in [0.4, 0.5) is 0 Å². The fourth-order valence-corrected chi connectivity index (χ4v) is 3.63. The molecule has 1 aliphatic rings. The second-order valence-corrected chi connectivity index (χ2v) is 7.13. The van der Waals surface area contributed by atoms with Crippen LogP contribution in [0.1, 0.15) is 17.2 Å². The van der Waals surface area contributed by atoms with Gasteiger partial charge in [0.25, 0.3) is 0 Å². The smallest absolute Gasteiger partial charge is 0.192 e. The monoisotopic (exact) mass is 401 g/mol. The van der Waals surface area contributed by atoms with E-state index in [0.29, 0.717) is 26.5 Å². The molecule has 2 N–H and O–H groups in total. The van der Waals surface area contributed by atoms with E-state index in [4.69, 9.17) is 51.4 Å². The topological polar surface area (TPSA) is 36.4 Å². The van der Waals surface area contributed by atoms with Crippen LogP contribution < -0.4 is 10.6 Å². The maximum Gasteiger partial charge on any atom is 0.192 e. The molecule has 0 amide bonds. The Bertz CT molecular complexity index is 748. The summed E-state index contributed by atoms with van der Waals surface area (Å²) in [7, 11) is 0. The molecule has 0 aliphatic carbocycles. The van der Waals surface area contributed by atoms with E-state index in [1.54, 1.807) is 12.1 Å². The van der Waals surface area contributed by atoms with Crippen molar-refractivity contribution in [1.82, 2.24) is 10.6 Å². The Kier molecular flexibility index (Phi) is 5.77. The number of rotatable bonds is 4. The zero-order valence-electron chi connectivity index (χ0n) is 12.6. The number of benzene rings is 2. The molecule has 1 aliphatic heterocycles. The number of nitrogens with one attached hydrogen (secondary N) is 2. The second-order valence-electron chi connectivity index (χ2n) is 5.47. The fraction of sp³-hybridized carbons (Fsp3) is 0.235. The highest BCUT2D eigenvalue weighted by atomic mass is 35.5. The molecule has 7 heteroatoms. The van der Waals surface area contributed by atoms with Crippen LogP contribution in [0.3, 0.4) is 0 Å². The molecule has 0 aromatic heterocycles. The maximum absolute atomic E-state index is 6.41. The van der Waals surface area contributed by atoms with E-state index in [-0.39, 0.29) is 6.04 Å². The van der Waals surface area contributed by atoms with Crippen LogP contribution in [-0.2, 0) is 6.42 Å². The number of hydrogen-bond donors (Lipinski definition) is 2. The molecule has 1 heterocycles. The predicted octanol–water partition coefficient (Wildman–Crippen LogP) is 5.13. The summed E-state index contributed by atoms with van der Waals surface area (Å²) in [6, 6.07) is 10.8. The van der Waals surface area contributed by atoms with Crippen LogP contribution in [0.5, 0.6) is 0 Å². The van der Waals surface area contributed by atoms with Gasteiger partial charge in [0.1, 0.15) is 0 Å². The SMILES string of the molecule is Clc1cc(Cl)cc(CC(N=C2NCCN2)c2cccc(Cl)c2Cl)c1. The maximum atomic E-state index is 6.41. The number of guanidine groups is 1. The molecule has 3 nitrogen and oxygen atoms in total. The molecule has 1 atom stereocenters. The van der Waals surface area contributed by atoms with E-state index in [2.05, 4.69) is 10.6 Å². The van der Waals surface area contributed by atoms with Gasteiger partial charge in [-0.2, -0.15) is 0 Å². The molecule has 1 unspecified atom stereocenters. The van der Waals surface area contributed by atoms with Gasteiger partial charge in [0, 0.05) is 23.1 Å². The Morgan fingerprint density at radius 3 is 2.29 bits per heavy atom. The van der Waals surface area contributed by atoms with Gasteiger partial charge in [-0.25, -0.2) is 4.99 Å². The summed E-state index contributed by atoms with van der Waals surface area (Å²) >= 11 is 24.8. The molecular weight excluding hydrogens is 388 g/mol. The third kappa shape index (κ3) is 4.28. The van der Waals surface area contributed by atoms with E-state index in [0.717, 1.165) is 30.2 Å². The van der Waals surface area contributed by atoms with Crippen molar-refractivity contribution in [2.24, 2.45) is 4.99 Å². The molecule has 2 aromatic carbocycles. The van der Waals surface area contributed by atoms with Crippen LogP contribution in [0.25, 0.3) is 0 Å². The molecule has 24 heavy (non-hydrogen) atoms. The van der Waals surface area contributed by atoms with Gasteiger partial charge in [0.05, 0.1) is 16.1 Å². The summed E-state index contributed by atoms with van der Waals surface area (Å²) < 4.78 is 0. The predicted molar refractivity (Wildman–Crippen MR) is 103 cm³/mol. The van der Waals surface area contributed by atoms with Crippen molar-refractivity contribution in [2.75, 3.05) is 13.1 Å². The average molecular weight is 403 g/mol. The molecule has 0 spiro atoms. The number of halogens is 4. The quantitative estimate of drug-likeness (QED) is 0.743. The molecular formula is C17H15Cl4N3. The summed E-state index contributed by atoms with van der Waals surface area (Å²) in [5.74, 6) is 0.754. The van der Waals surface area contributed by atoms with E-state index in [1.807, 2.05) is 24.3 Å². The van der Waals surface area contributed by atoms with E-state index < -0.39 is 0 Å². The minimum Gasteiger partial charge on any atom is -0.355 e. The standard InChI is InChI=1S/C17H15Cl4N3/c18-11-6-10(7-12(19)9-11)8-15(24-17-22-4-5-23-17)13-2-1-3-14(20)16(13)21/h1-3,6-7,9,15H,4-5,8H2,(H2,22,23,24). The summed E-state index contributed by atoms with van der Waals surface area (Å²) in [5.41, 5.74) is 1.85. The zero-order chi connectivity index (χ0) is 17.1. The van der Waals surface area contributed by atoms with Gasteiger partial charge in [-0.15, -0.1) is 0 Å². The highest BCUT2D eigenvalue weighted by Gasteiger charge is 2.19. The fourth-order valence-electron chi connectivity index (χ4n) is 2.63. The minimum absolute atomic E-state index is 0.209. The Morgan fingerprint density at radius 1 is 0.958 bits per heavy atom.